The van der Waals surface area contributed by atoms with Crippen LogP contribution in [0.25, 0.3) is 39.0 Å². The molecule has 1 N–H and O–H groups in total. The van der Waals surface area contributed by atoms with E-state index >= 15 is 18.4 Å². The third-order valence-corrected chi connectivity index (χ3v) is 17.0. The van der Waals surface area contributed by atoms with Crippen LogP contribution < -0.4 is 11.4 Å². The number of carbonyl (C=O) groups is 1. The SMILES string of the molecule is C[C@H]1c2c(nn(-c3ccc(F)c(C4CC4)c3)c2-n2ccn(-c3ccc4c(cnn4C)c3F)c2=O)C2(CCN(C)CC2)CN1C(=O)c1cc2cc([C@H]3CCOC(C)(C)C3)ccc2n1[C@@]1(c2noc(=O)[nH]2)C[C@@H]1C. The Morgan fingerprint density at radius 2 is 1.65 bits per heavy atom. The van der Waals surface area contributed by atoms with Gasteiger partial charge in [0.05, 0.1) is 45.8 Å². The Balaban J connectivity index is 1.01. The Bertz CT molecular complexity index is 3650. The molecule has 18 heteroatoms. The highest BCUT2D eigenvalue weighted by Crippen LogP contribution is 2.57. The van der Waals surface area contributed by atoms with E-state index < -0.39 is 34.3 Å². The number of fused-ring (bicyclic) bond motifs is 4. The van der Waals surface area contributed by atoms with Gasteiger partial charge < -0.3 is 19.1 Å². The molecular formula is C54H57F2N11O5. The summed E-state index contributed by atoms with van der Waals surface area (Å²) in [5.41, 5.74) is 3.36. The van der Waals surface area contributed by atoms with E-state index in [2.05, 4.69) is 70.7 Å². The van der Waals surface area contributed by atoms with Gasteiger partial charge >= 0.3 is 11.4 Å². The summed E-state index contributed by atoms with van der Waals surface area (Å²) < 4.78 is 51.4. The molecule has 4 fully saturated rings. The monoisotopic (exact) mass is 977 g/mol. The van der Waals surface area contributed by atoms with E-state index in [1.807, 2.05) is 24.0 Å². The first kappa shape index (κ1) is 45.0. The van der Waals surface area contributed by atoms with E-state index in [0.29, 0.717) is 72.1 Å². The van der Waals surface area contributed by atoms with Crippen molar-refractivity contribution in [3.63, 3.8) is 0 Å². The summed E-state index contributed by atoms with van der Waals surface area (Å²) in [6.45, 7) is 10.8. The average molecular weight is 978 g/mol. The first-order valence-corrected chi connectivity index (χ1v) is 25.3. The lowest BCUT2D eigenvalue weighted by Crippen LogP contribution is -2.54. The molecular weight excluding hydrogens is 921 g/mol. The third kappa shape index (κ3) is 6.73. The van der Waals surface area contributed by atoms with Gasteiger partial charge in [-0.2, -0.15) is 10.2 Å². The fourth-order valence-corrected chi connectivity index (χ4v) is 12.8. The fourth-order valence-electron chi connectivity index (χ4n) is 12.8. The topological polar surface area (TPSA) is 159 Å². The van der Waals surface area contributed by atoms with E-state index in [-0.39, 0.29) is 46.2 Å². The first-order chi connectivity index (χ1) is 34.6. The Hall–Kier alpha value is -6.92. The number of likely N-dealkylation sites (tertiary alicyclic amines) is 1. The predicted octanol–water partition coefficient (Wildman–Crippen LogP) is 8.12. The number of imidazole rings is 1. The molecule has 1 amide bonds. The van der Waals surface area contributed by atoms with E-state index in [0.717, 1.165) is 55.4 Å². The maximum Gasteiger partial charge on any atom is 0.438 e. The molecule has 0 radical (unpaired) electrons. The van der Waals surface area contributed by atoms with Crippen LogP contribution in [0.5, 0.6) is 0 Å². The van der Waals surface area contributed by atoms with Gasteiger partial charge in [0.25, 0.3) is 5.91 Å². The van der Waals surface area contributed by atoms with Crippen LogP contribution in [0.2, 0.25) is 0 Å². The molecule has 4 atom stereocenters. The summed E-state index contributed by atoms with van der Waals surface area (Å²) in [4.78, 5) is 51.1. The molecule has 8 aromatic rings. The number of halogens is 2. The molecule has 13 rings (SSSR count). The van der Waals surface area contributed by atoms with Crippen LogP contribution in [0.4, 0.5) is 8.78 Å². The number of H-pyrrole nitrogens is 1. The molecule has 2 aliphatic carbocycles. The number of hydrogen-bond acceptors (Lipinski definition) is 9. The largest absolute Gasteiger partial charge is 0.438 e. The summed E-state index contributed by atoms with van der Waals surface area (Å²) in [5, 5.41) is 15.2. The van der Waals surface area contributed by atoms with Crippen molar-refractivity contribution in [2.24, 2.45) is 13.0 Å². The number of hydrogen-bond donors (Lipinski definition) is 1. The minimum atomic E-state index is -0.876. The number of aromatic nitrogens is 9. The number of piperidine rings is 1. The zero-order valence-electron chi connectivity index (χ0n) is 41.3. The molecule has 16 nitrogen and oxygen atoms in total. The zero-order valence-corrected chi connectivity index (χ0v) is 41.3. The van der Waals surface area contributed by atoms with Crippen LogP contribution in [-0.2, 0) is 22.7 Å². The maximum absolute atomic E-state index is 16.4. The van der Waals surface area contributed by atoms with Gasteiger partial charge in [-0.05, 0) is 163 Å². The zero-order chi connectivity index (χ0) is 49.7. The van der Waals surface area contributed by atoms with Crippen LogP contribution in [0, 0.1) is 17.6 Å². The maximum atomic E-state index is 16.4. The highest BCUT2D eigenvalue weighted by Gasteiger charge is 2.60. The summed E-state index contributed by atoms with van der Waals surface area (Å²) >= 11 is 0. The summed E-state index contributed by atoms with van der Waals surface area (Å²) in [5.74, 6) is -0.693. The number of nitrogens with one attached hydrogen (secondary N) is 1. The number of aryl methyl sites for hydroxylation is 1. The summed E-state index contributed by atoms with van der Waals surface area (Å²) in [6, 6.07) is 16.1. The molecule has 5 aromatic heterocycles. The van der Waals surface area contributed by atoms with Crippen molar-refractivity contribution in [2.45, 2.75) is 107 Å². The standard InChI is InChI=1S/C54H57F2N11O5/c1-30-26-54(30,49-58-50(69)72-60-49)66-40-12-9-33(34-15-22-71-52(3,4)27-34)23-35(40)24-43(66)48(68)65-29-53(16-18-61(5)19-17-53)46-44(31(65)2)47(67(59-46)36-10-11-39(55)37(25-36)32-7-8-32)64-21-20-63(51(64)70)42-14-13-41-38(45(42)56)28-57-62(41)6/h9-14,20-21,23-25,28,30-32,34H,7-8,15-19,22,26-27,29H2,1-6H3,(H,58,60,69)/t30-,31-,34-,54-/m0/s1. The molecule has 3 aromatic carbocycles. The van der Waals surface area contributed by atoms with Crippen molar-refractivity contribution in [1.82, 2.24) is 53.2 Å². The molecule has 72 heavy (non-hydrogen) atoms. The highest BCUT2D eigenvalue weighted by molar-refractivity contribution is 6.00. The van der Waals surface area contributed by atoms with E-state index in [9.17, 15) is 4.79 Å². The number of benzene rings is 3. The number of nitrogens with zero attached hydrogens (tertiary/aromatic N) is 10. The number of carbonyl (C=O) groups excluding carboxylic acids is 1. The van der Waals surface area contributed by atoms with Crippen molar-refractivity contribution in [3.05, 3.63) is 140 Å². The van der Waals surface area contributed by atoms with Gasteiger partial charge in [0.2, 0.25) is 0 Å². The van der Waals surface area contributed by atoms with Crippen LogP contribution in [0.1, 0.15) is 129 Å². The Morgan fingerprint density at radius 1 is 0.889 bits per heavy atom. The second kappa shape index (κ2) is 15.8. The average Bonchev–Trinajstić information content (AvgIpc) is 3.91. The van der Waals surface area contributed by atoms with Crippen molar-refractivity contribution in [1.29, 1.82) is 0 Å². The highest BCUT2D eigenvalue weighted by atomic mass is 19.1. The van der Waals surface area contributed by atoms with Crippen LogP contribution >= 0.6 is 0 Å². The van der Waals surface area contributed by atoms with Crippen LogP contribution in [-0.4, -0.2) is 98.0 Å². The van der Waals surface area contributed by atoms with Crippen LogP contribution in [0.15, 0.2) is 87.3 Å². The van der Waals surface area contributed by atoms with Gasteiger partial charge in [-0.25, -0.2) is 23.1 Å². The Morgan fingerprint density at radius 3 is 2.38 bits per heavy atom. The number of ether oxygens (including phenoxy) is 1. The van der Waals surface area contributed by atoms with Gasteiger partial charge in [0.1, 0.15) is 22.9 Å². The molecule has 0 bridgehead atoms. The van der Waals surface area contributed by atoms with Gasteiger partial charge in [-0.1, -0.05) is 18.1 Å². The number of amides is 1. The van der Waals surface area contributed by atoms with Gasteiger partial charge in [0, 0.05) is 54.5 Å². The van der Waals surface area contributed by atoms with Crippen molar-refractivity contribution < 1.29 is 22.8 Å². The smallest absolute Gasteiger partial charge is 0.376 e. The minimum absolute atomic E-state index is 0.0114. The molecule has 2 saturated heterocycles. The van der Waals surface area contributed by atoms with Gasteiger partial charge in [-0.3, -0.25) is 28.1 Å². The molecule has 0 unspecified atom stereocenters. The first-order valence-electron chi connectivity index (χ1n) is 25.3. The summed E-state index contributed by atoms with van der Waals surface area (Å²) in [7, 11) is 3.82. The molecule has 5 aliphatic rings. The molecule has 1 spiro atoms. The van der Waals surface area contributed by atoms with Gasteiger partial charge in [0.15, 0.2) is 11.6 Å². The predicted molar refractivity (Wildman–Crippen MR) is 264 cm³/mol. The number of aromatic amines is 1. The van der Waals surface area contributed by atoms with Crippen LogP contribution in [0.3, 0.4) is 0 Å². The van der Waals surface area contributed by atoms with E-state index in [1.54, 1.807) is 47.0 Å². The summed E-state index contributed by atoms with van der Waals surface area (Å²) in [6.07, 6.45) is 10.0. The van der Waals surface area contributed by atoms with Gasteiger partial charge in [-0.15, -0.1) is 0 Å². The van der Waals surface area contributed by atoms with E-state index in [4.69, 9.17) is 14.4 Å². The Kier molecular flexibility index (Phi) is 9.86. The normalized spacial score (nSPS) is 23.9. The lowest BCUT2D eigenvalue weighted by molar-refractivity contribution is -0.0592. The third-order valence-electron chi connectivity index (χ3n) is 17.0. The number of rotatable bonds is 8. The fraction of sp³-hybridized carbons (Fsp3) is 0.444. The second-order valence-electron chi connectivity index (χ2n) is 22.0. The second-order valence-corrected chi connectivity index (χ2v) is 22.0. The lowest BCUT2D eigenvalue weighted by atomic mass is 9.70. The molecule has 8 heterocycles. The minimum Gasteiger partial charge on any atom is -0.376 e. The lowest BCUT2D eigenvalue weighted by Gasteiger charge is -2.48. The Labute approximate surface area is 412 Å². The van der Waals surface area contributed by atoms with Crippen molar-refractivity contribution in [3.8, 4) is 17.2 Å². The molecule has 372 valence electrons. The molecule has 2 saturated carbocycles. The van der Waals surface area contributed by atoms with E-state index in [1.165, 1.54) is 27.0 Å². The molecule has 3 aliphatic heterocycles. The quantitative estimate of drug-likeness (QED) is 0.159. The van der Waals surface area contributed by atoms with Crippen molar-refractivity contribution in [2.75, 3.05) is 33.3 Å². The van der Waals surface area contributed by atoms with Crippen molar-refractivity contribution >= 4 is 27.7 Å².